The van der Waals surface area contributed by atoms with Gasteiger partial charge in [0.2, 0.25) is 0 Å². The first kappa shape index (κ1) is 16.4. The third-order valence-corrected chi connectivity index (χ3v) is 2.70. The summed E-state index contributed by atoms with van der Waals surface area (Å²) in [6.45, 7) is 5.12. The summed E-state index contributed by atoms with van der Waals surface area (Å²) in [6.07, 6.45) is -0.242. The lowest BCUT2D eigenvalue weighted by molar-refractivity contribution is -0.108. The van der Waals surface area contributed by atoms with Crippen molar-refractivity contribution in [2.75, 3.05) is 0 Å². The fourth-order valence-electron chi connectivity index (χ4n) is 1.64. The van der Waals surface area contributed by atoms with Crippen LogP contribution in [0, 0.1) is 5.82 Å². The largest absolute Gasteiger partial charge is 0.444 e. The quantitative estimate of drug-likeness (QED) is 0.864. The molecule has 0 unspecified atom stereocenters. The SMILES string of the molecule is CC(C)(C)OC(=O)N[C@H](CC=O)c1c(F)cccc1Cl. The van der Waals surface area contributed by atoms with Crippen molar-refractivity contribution >= 4 is 24.0 Å². The average Bonchev–Trinajstić information content (AvgIpc) is 2.26. The first-order chi connectivity index (χ1) is 9.24. The molecule has 0 bridgehead atoms. The van der Waals surface area contributed by atoms with Crippen molar-refractivity contribution in [3.05, 3.63) is 34.6 Å². The molecular weight excluding hydrogens is 285 g/mol. The maximum Gasteiger partial charge on any atom is 0.408 e. The smallest absolute Gasteiger partial charge is 0.408 e. The zero-order valence-corrected chi connectivity index (χ0v) is 12.3. The fourth-order valence-corrected chi connectivity index (χ4v) is 1.93. The molecule has 0 saturated carbocycles. The molecule has 1 N–H and O–H groups in total. The molecule has 0 aliphatic carbocycles. The number of rotatable bonds is 4. The number of nitrogens with one attached hydrogen (secondary N) is 1. The molecule has 4 nitrogen and oxygen atoms in total. The number of alkyl carbamates (subject to hydrolysis) is 1. The normalized spacial score (nSPS) is 12.7. The van der Waals surface area contributed by atoms with E-state index in [0.29, 0.717) is 6.29 Å². The van der Waals surface area contributed by atoms with Crippen LogP contribution in [0.15, 0.2) is 18.2 Å². The Bertz CT molecular complexity index is 479. The molecule has 110 valence electrons. The lowest BCUT2D eigenvalue weighted by Crippen LogP contribution is -2.35. The van der Waals surface area contributed by atoms with E-state index in [9.17, 15) is 14.0 Å². The summed E-state index contributed by atoms with van der Waals surface area (Å²) in [7, 11) is 0. The van der Waals surface area contributed by atoms with Gasteiger partial charge >= 0.3 is 6.09 Å². The fraction of sp³-hybridized carbons (Fsp3) is 0.429. The zero-order valence-electron chi connectivity index (χ0n) is 11.6. The Balaban J connectivity index is 2.95. The lowest BCUT2D eigenvalue weighted by Gasteiger charge is -2.23. The van der Waals surface area contributed by atoms with Crippen molar-refractivity contribution in [1.29, 1.82) is 0 Å². The van der Waals surface area contributed by atoms with Crippen LogP contribution >= 0.6 is 11.6 Å². The highest BCUT2D eigenvalue weighted by Crippen LogP contribution is 2.27. The van der Waals surface area contributed by atoms with Gasteiger partial charge in [0.1, 0.15) is 17.7 Å². The Hall–Kier alpha value is -1.62. The number of amides is 1. The number of carbonyl (C=O) groups excluding carboxylic acids is 2. The van der Waals surface area contributed by atoms with Gasteiger partial charge in [-0.2, -0.15) is 0 Å². The van der Waals surface area contributed by atoms with Crippen LogP contribution in [0.3, 0.4) is 0 Å². The van der Waals surface area contributed by atoms with Crippen LogP contribution < -0.4 is 5.32 Å². The number of halogens is 2. The molecule has 1 rings (SSSR count). The second-order valence-electron chi connectivity index (χ2n) is 5.24. The molecule has 1 amide bonds. The number of hydrogen-bond acceptors (Lipinski definition) is 3. The predicted molar refractivity (Wildman–Crippen MR) is 74.2 cm³/mol. The van der Waals surface area contributed by atoms with Crippen molar-refractivity contribution in [2.24, 2.45) is 0 Å². The minimum atomic E-state index is -0.865. The summed E-state index contributed by atoms with van der Waals surface area (Å²) in [5, 5.41) is 2.60. The maximum atomic E-state index is 13.8. The summed E-state index contributed by atoms with van der Waals surface area (Å²) in [6, 6.07) is 3.30. The standard InChI is InChI=1S/C14H17ClFNO3/c1-14(2,3)20-13(19)17-11(7-8-18)12-9(15)5-4-6-10(12)16/h4-6,8,11H,7H2,1-3H3,(H,17,19)/t11-/m1/s1. The lowest BCUT2D eigenvalue weighted by atomic mass is 10.0. The van der Waals surface area contributed by atoms with Crippen molar-refractivity contribution in [1.82, 2.24) is 5.32 Å². The monoisotopic (exact) mass is 301 g/mol. The van der Waals surface area contributed by atoms with E-state index in [2.05, 4.69) is 5.32 Å². The van der Waals surface area contributed by atoms with Crippen molar-refractivity contribution < 1.29 is 18.7 Å². The molecule has 1 atom stereocenters. The van der Waals surface area contributed by atoms with Gasteiger partial charge in [-0.25, -0.2) is 9.18 Å². The molecule has 0 heterocycles. The van der Waals surface area contributed by atoms with Gasteiger partial charge in [-0.1, -0.05) is 17.7 Å². The molecule has 0 aliphatic heterocycles. The Morgan fingerprint density at radius 3 is 2.65 bits per heavy atom. The molecular formula is C14H17ClFNO3. The molecule has 0 saturated heterocycles. The summed E-state index contributed by atoms with van der Waals surface area (Å²) in [5.41, 5.74) is -0.610. The van der Waals surface area contributed by atoms with Gasteiger partial charge < -0.3 is 14.8 Å². The second-order valence-corrected chi connectivity index (χ2v) is 5.64. The third-order valence-electron chi connectivity index (χ3n) is 2.37. The second kappa shape index (κ2) is 6.70. The van der Waals surface area contributed by atoms with Crippen LogP contribution in [-0.2, 0) is 9.53 Å². The van der Waals surface area contributed by atoms with E-state index < -0.39 is 23.6 Å². The molecule has 1 aromatic rings. The Labute approximate surface area is 122 Å². The van der Waals surface area contributed by atoms with E-state index in [-0.39, 0.29) is 17.0 Å². The highest BCUT2D eigenvalue weighted by Gasteiger charge is 2.24. The first-order valence-corrected chi connectivity index (χ1v) is 6.49. The Kier molecular flexibility index (Phi) is 5.51. The Morgan fingerprint density at radius 2 is 2.15 bits per heavy atom. The summed E-state index contributed by atoms with van der Waals surface area (Å²) >= 11 is 5.93. The molecule has 0 spiro atoms. The minimum Gasteiger partial charge on any atom is -0.444 e. The van der Waals surface area contributed by atoms with Gasteiger partial charge in [-0.15, -0.1) is 0 Å². The number of ether oxygens (including phenoxy) is 1. The Morgan fingerprint density at radius 1 is 1.50 bits per heavy atom. The highest BCUT2D eigenvalue weighted by atomic mass is 35.5. The van der Waals surface area contributed by atoms with Gasteiger partial charge in [-0.05, 0) is 32.9 Å². The number of benzene rings is 1. The minimum absolute atomic E-state index is 0.0760. The van der Waals surface area contributed by atoms with Gasteiger partial charge in [0.05, 0.1) is 6.04 Å². The number of aldehydes is 1. The number of hydrogen-bond donors (Lipinski definition) is 1. The van der Waals surface area contributed by atoms with Crippen molar-refractivity contribution in [2.45, 2.75) is 38.8 Å². The maximum absolute atomic E-state index is 13.8. The number of carbonyl (C=O) groups is 2. The van der Waals surface area contributed by atoms with Crippen LogP contribution in [0.5, 0.6) is 0 Å². The molecule has 0 aromatic heterocycles. The predicted octanol–water partition coefficient (Wildman–Crippen LogP) is 3.63. The van der Waals surface area contributed by atoms with Gasteiger partial charge in [-0.3, -0.25) is 0 Å². The average molecular weight is 302 g/mol. The third kappa shape index (κ3) is 4.81. The van der Waals surface area contributed by atoms with E-state index >= 15 is 0 Å². The highest BCUT2D eigenvalue weighted by molar-refractivity contribution is 6.31. The molecule has 0 aliphatic rings. The van der Waals surface area contributed by atoms with Gasteiger partial charge in [0, 0.05) is 17.0 Å². The van der Waals surface area contributed by atoms with Crippen molar-refractivity contribution in [3.8, 4) is 0 Å². The van der Waals surface area contributed by atoms with Crippen LogP contribution in [0.4, 0.5) is 9.18 Å². The van der Waals surface area contributed by atoms with E-state index in [1.807, 2.05) is 0 Å². The van der Waals surface area contributed by atoms with E-state index in [1.54, 1.807) is 20.8 Å². The zero-order chi connectivity index (χ0) is 15.3. The van der Waals surface area contributed by atoms with E-state index in [4.69, 9.17) is 16.3 Å². The molecule has 6 heteroatoms. The molecule has 0 radical (unpaired) electrons. The van der Waals surface area contributed by atoms with Crippen molar-refractivity contribution in [3.63, 3.8) is 0 Å². The molecule has 0 fully saturated rings. The van der Waals surface area contributed by atoms with E-state index in [1.165, 1.54) is 18.2 Å². The van der Waals surface area contributed by atoms with Crippen LogP contribution in [0.1, 0.15) is 38.8 Å². The van der Waals surface area contributed by atoms with Crippen LogP contribution in [0.25, 0.3) is 0 Å². The molecule has 1 aromatic carbocycles. The molecule has 20 heavy (non-hydrogen) atoms. The summed E-state index contributed by atoms with van der Waals surface area (Å²) in [5.74, 6) is -0.583. The van der Waals surface area contributed by atoms with E-state index in [0.717, 1.165) is 0 Å². The summed E-state index contributed by atoms with van der Waals surface area (Å²) < 4.78 is 18.9. The van der Waals surface area contributed by atoms with Gasteiger partial charge in [0.15, 0.2) is 0 Å². The first-order valence-electron chi connectivity index (χ1n) is 6.11. The van der Waals surface area contributed by atoms with Crippen LogP contribution in [0.2, 0.25) is 5.02 Å². The van der Waals surface area contributed by atoms with Crippen LogP contribution in [-0.4, -0.2) is 18.0 Å². The van der Waals surface area contributed by atoms with Gasteiger partial charge in [0.25, 0.3) is 0 Å². The summed E-state index contributed by atoms with van der Waals surface area (Å²) in [4.78, 5) is 22.4. The topological polar surface area (TPSA) is 55.4 Å².